The van der Waals surface area contributed by atoms with E-state index in [0.29, 0.717) is 0 Å². The molecule has 0 aromatic carbocycles. The smallest absolute Gasteiger partial charge is 0.0862 e. The molecule has 0 saturated carbocycles. The fourth-order valence-electron chi connectivity index (χ4n) is 1.87. The predicted octanol–water partition coefficient (Wildman–Crippen LogP) is 0.315. The maximum absolute atomic E-state index is 8.83. The summed E-state index contributed by atoms with van der Waals surface area (Å²) in [6.45, 7) is 0.999. The van der Waals surface area contributed by atoms with Crippen molar-refractivity contribution < 1.29 is 14.6 Å². The van der Waals surface area contributed by atoms with Crippen LogP contribution in [0.1, 0.15) is 19.3 Å². The van der Waals surface area contributed by atoms with Crippen LogP contribution in [0.3, 0.4) is 0 Å². The average Bonchev–Trinajstić information content (AvgIpc) is 2.46. The Hall–Kier alpha value is -0.120. The Balaban J connectivity index is 1.92. The highest BCUT2D eigenvalue weighted by atomic mass is 16.6. The first-order chi connectivity index (χ1) is 5.40. The number of hydrogen-bond donors (Lipinski definition) is 1. The molecule has 11 heavy (non-hydrogen) atoms. The van der Waals surface area contributed by atoms with Gasteiger partial charge in [0.05, 0.1) is 24.9 Å². The van der Waals surface area contributed by atoms with Gasteiger partial charge in [-0.25, -0.2) is 0 Å². The standard InChI is InChI=1S/C8H14O3/c9-5-6-4-8-7(11-6)2-1-3-10-8/h6-9H,1-5H2/t6-,7-,8-/m0/s1. The van der Waals surface area contributed by atoms with Gasteiger partial charge in [-0.3, -0.25) is 0 Å². The SMILES string of the molecule is OC[C@@H]1C[C@@H]2OCCC[C@@H]2O1. The first-order valence-electron chi connectivity index (χ1n) is 4.28. The molecule has 3 heteroatoms. The third-order valence-corrected chi connectivity index (χ3v) is 2.45. The van der Waals surface area contributed by atoms with E-state index in [9.17, 15) is 0 Å². The van der Waals surface area contributed by atoms with Crippen molar-refractivity contribution in [3.05, 3.63) is 0 Å². The Kier molecular flexibility index (Phi) is 2.11. The average molecular weight is 158 g/mol. The molecule has 1 N–H and O–H groups in total. The van der Waals surface area contributed by atoms with E-state index >= 15 is 0 Å². The molecule has 0 spiro atoms. The molecule has 2 heterocycles. The van der Waals surface area contributed by atoms with E-state index in [1.165, 1.54) is 0 Å². The summed E-state index contributed by atoms with van der Waals surface area (Å²) in [5.41, 5.74) is 0. The van der Waals surface area contributed by atoms with E-state index in [4.69, 9.17) is 14.6 Å². The van der Waals surface area contributed by atoms with Gasteiger partial charge >= 0.3 is 0 Å². The minimum absolute atomic E-state index is 0.0306. The van der Waals surface area contributed by atoms with Gasteiger partial charge in [-0.1, -0.05) is 0 Å². The Morgan fingerprint density at radius 3 is 3.00 bits per heavy atom. The molecule has 2 rings (SSSR count). The van der Waals surface area contributed by atoms with E-state index in [1.807, 2.05) is 0 Å². The highest BCUT2D eigenvalue weighted by molar-refractivity contribution is 4.85. The van der Waals surface area contributed by atoms with Crippen LogP contribution in [0.25, 0.3) is 0 Å². The molecular weight excluding hydrogens is 144 g/mol. The Morgan fingerprint density at radius 2 is 2.27 bits per heavy atom. The van der Waals surface area contributed by atoms with E-state index in [0.717, 1.165) is 25.9 Å². The van der Waals surface area contributed by atoms with Crippen molar-refractivity contribution in [1.82, 2.24) is 0 Å². The minimum Gasteiger partial charge on any atom is -0.394 e. The summed E-state index contributed by atoms with van der Waals surface area (Å²) in [6.07, 6.45) is 3.63. The monoisotopic (exact) mass is 158 g/mol. The first kappa shape index (κ1) is 7.53. The first-order valence-corrected chi connectivity index (χ1v) is 4.28. The summed E-state index contributed by atoms with van der Waals surface area (Å²) in [5, 5.41) is 8.83. The van der Waals surface area contributed by atoms with Crippen molar-refractivity contribution in [3.8, 4) is 0 Å². The lowest BCUT2D eigenvalue weighted by atomic mass is 10.0. The van der Waals surface area contributed by atoms with Gasteiger partial charge in [0, 0.05) is 13.0 Å². The highest BCUT2D eigenvalue weighted by Gasteiger charge is 2.37. The summed E-state index contributed by atoms with van der Waals surface area (Å²) in [4.78, 5) is 0. The maximum atomic E-state index is 8.83. The molecule has 2 fully saturated rings. The molecule has 0 radical (unpaired) electrons. The lowest BCUT2D eigenvalue weighted by Crippen LogP contribution is -2.29. The van der Waals surface area contributed by atoms with E-state index in [1.54, 1.807) is 0 Å². The van der Waals surface area contributed by atoms with Crippen LogP contribution in [0.2, 0.25) is 0 Å². The molecule has 0 aromatic heterocycles. The minimum atomic E-state index is 0.0306. The second-order valence-corrected chi connectivity index (χ2v) is 3.27. The van der Waals surface area contributed by atoms with Gasteiger partial charge in [0.15, 0.2) is 0 Å². The zero-order chi connectivity index (χ0) is 7.68. The number of hydrogen-bond acceptors (Lipinski definition) is 3. The number of aliphatic hydroxyl groups is 1. The van der Waals surface area contributed by atoms with Crippen LogP contribution in [-0.2, 0) is 9.47 Å². The zero-order valence-corrected chi connectivity index (χ0v) is 6.53. The van der Waals surface area contributed by atoms with Gasteiger partial charge < -0.3 is 14.6 Å². The second-order valence-electron chi connectivity index (χ2n) is 3.27. The summed E-state index contributed by atoms with van der Waals surface area (Å²) in [6, 6.07) is 0. The van der Waals surface area contributed by atoms with Crippen LogP contribution >= 0.6 is 0 Å². The Bertz CT molecular complexity index is 123. The van der Waals surface area contributed by atoms with Crippen molar-refractivity contribution in [2.45, 2.75) is 37.6 Å². The Morgan fingerprint density at radius 1 is 1.36 bits per heavy atom. The molecule has 64 valence electrons. The Labute approximate surface area is 66.3 Å². The van der Waals surface area contributed by atoms with Gasteiger partial charge in [0.2, 0.25) is 0 Å². The van der Waals surface area contributed by atoms with Crippen LogP contribution in [-0.4, -0.2) is 36.6 Å². The van der Waals surface area contributed by atoms with Crippen molar-refractivity contribution in [3.63, 3.8) is 0 Å². The van der Waals surface area contributed by atoms with Crippen molar-refractivity contribution in [2.75, 3.05) is 13.2 Å². The summed E-state index contributed by atoms with van der Waals surface area (Å²) in [7, 11) is 0. The van der Waals surface area contributed by atoms with Crippen molar-refractivity contribution in [2.24, 2.45) is 0 Å². The van der Waals surface area contributed by atoms with Crippen LogP contribution in [0.15, 0.2) is 0 Å². The molecule has 0 bridgehead atoms. The fraction of sp³-hybridized carbons (Fsp3) is 1.00. The van der Waals surface area contributed by atoms with E-state index in [2.05, 4.69) is 0 Å². The molecule has 0 unspecified atom stereocenters. The molecule has 2 aliphatic heterocycles. The van der Waals surface area contributed by atoms with Gasteiger partial charge in [0.25, 0.3) is 0 Å². The summed E-state index contributed by atoms with van der Waals surface area (Å²) in [5.74, 6) is 0. The number of ether oxygens (including phenoxy) is 2. The third-order valence-electron chi connectivity index (χ3n) is 2.45. The molecule has 2 saturated heterocycles. The van der Waals surface area contributed by atoms with Crippen molar-refractivity contribution in [1.29, 1.82) is 0 Å². The zero-order valence-electron chi connectivity index (χ0n) is 6.53. The molecule has 0 aliphatic carbocycles. The quantitative estimate of drug-likeness (QED) is 0.597. The van der Waals surface area contributed by atoms with Crippen LogP contribution in [0, 0.1) is 0 Å². The largest absolute Gasteiger partial charge is 0.394 e. The van der Waals surface area contributed by atoms with Gasteiger partial charge in [-0.15, -0.1) is 0 Å². The van der Waals surface area contributed by atoms with Gasteiger partial charge in [-0.05, 0) is 12.8 Å². The van der Waals surface area contributed by atoms with Gasteiger partial charge in [-0.2, -0.15) is 0 Å². The number of rotatable bonds is 1. The highest BCUT2D eigenvalue weighted by Crippen LogP contribution is 2.29. The molecule has 0 aromatic rings. The third kappa shape index (κ3) is 1.41. The molecular formula is C8H14O3. The molecule has 3 atom stereocenters. The van der Waals surface area contributed by atoms with Crippen LogP contribution in [0.5, 0.6) is 0 Å². The summed E-state index contributed by atoms with van der Waals surface area (Å²) < 4.78 is 11.0. The number of aliphatic hydroxyl groups excluding tert-OH is 1. The molecule has 2 aliphatic rings. The maximum Gasteiger partial charge on any atom is 0.0862 e. The lowest BCUT2D eigenvalue weighted by Gasteiger charge is -2.23. The van der Waals surface area contributed by atoms with Crippen LogP contribution < -0.4 is 0 Å². The summed E-state index contributed by atoms with van der Waals surface area (Å²) >= 11 is 0. The second kappa shape index (κ2) is 3.09. The topological polar surface area (TPSA) is 38.7 Å². The predicted molar refractivity (Wildman–Crippen MR) is 39.3 cm³/mol. The number of fused-ring (bicyclic) bond motifs is 1. The van der Waals surface area contributed by atoms with Crippen molar-refractivity contribution >= 4 is 0 Å². The molecule has 3 nitrogen and oxygen atoms in total. The van der Waals surface area contributed by atoms with E-state index < -0.39 is 0 Å². The molecule has 0 amide bonds. The van der Waals surface area contributed by atoms with Gasteiger partial charge in [0.1, 0.15) is 0 Å². The normalized spacial score (nSPS) is 43.9. The van der Waals surface area contributed by atoms with E-state index in [-0.39, 0.29) is 24.9 Å². The lowest BCUT2D eigenvalue weighted by molar-refractivity contribution is -0.0633. The van der Waals surface area contributed by atoms with Crippen LogP contribution in [0.4, 0.5) is 0 Å². The fourth-order valence-corrected chi connectivity index (χ4v) is 1.87.